The molecule has 1 fully saturated rings. The summed E-state index contributed by atoms with van der Waals surface area (Å²) in [6.45, 7) is 6.12. The number of rotatable bonds is 5. The van der Waals surface area contributed by atoms with E-state index < -0.39 is 10.0 Å². The minimum Gasteiger partial charge on any atom is -0.348 e. The van der Waals surface area contributed by atoms with E-state index in [1.54, 1.807) is 17.4 Å². The number of nitrogens with zero attached hydrogens (tertiary/aromatic N) is 2. The average molecular weight is 366 g/mol. The minimum atomic E-state index is -3.46. The predicted octanol–water partition coefficient (Wildman–Crippen LogP) is 2.95. The van der Waals surface area contributed by atoms with Crippen LogP contribution in [0.5, 0.6) is 0 Å². The van der Waals surface area contributed by atoms with Crippen LogP contribution in [0.15, 0.2) is 34.7 Å². The standard InChI is InChI=1S/C17H23N3O2S2/c1-13-5-6-16(14(2)10-13)24(21,22)19-11-15-4-3-8-20(12-15)17-18-7-9-23-17/h5-7,9-10,15,19H,3-4,8,11-12H2,1-2H3. The summed E-state index contributed by atoms with van der Waals surface area (Å²) < 4.78 is 28.0. The Balaban J connectivity index is 1.64. The number of piperidine rings is 1. The Morgan fingerprint density at radius 2 is 2.21 bits per heavy atom. The molecule has 2 aromatic rings. The van der Waals surface area contributed by atoms with Crippen LogP contribution in [0.25, 0.3) is 0 Å². The van der Waals surface area contributed by atoms with Gasteiger partial charge in [0.25, 0.3) is 0 Å². The molecule has 0 saturated carbocycles. The van der Waals surface area contributed by atoms with Gasteiger partial charge in [0.1, 0.15) is 0 Å². The van der Waals surface area contributed by atoms with Crippen LogP contribution in [0.1, 0.15) is 24.0 Å². The van der Waals surface area contributed by atoms with Crippen LogP contribution in [0.2, 0.25) is 0 Å². The molecule has 1 atom stereocenters. The maximum absolute atomic E-state index is 12.6. The van der Waals surface area contributed by atoms with Gasteiger partial charge in [-0.2, -0.15) is 0 Å². The highest BCUT2D eigenvalue weighted by Gasteiger charge is 2.24. The van der Waals surface area contributed by atoms with Crippen LogP contribution in [0, 0.1) is 19.8 Å². The van der Waals surface area contributed by atoms with Crippen molar-refractivity contribution in [1.82, 2.24) is 9.71 Å². The Hall–Kier alpha value is -1.44. The van der Waals surface area contributed by atoms with Crippen LogP contribution in [0.3, 0.4) is 0 Å². The van der Waals surface area contributed by atoms with Crippen molar-refractivity contribution in [3.05, 3.63) is 40.9 Å². The van der Waals surface area contributed by atoms with Gasteiger partial charge >= 0.3 is 0 Å². The fourth-order valence-electron chi connectivity index (χ4n) is 3.18. The summed E-state index contributed by atoms with van der Waals surface area (Å²) in [5.74, 6) is 0.308. The van der Waals surface area contributed by atoms with Crippen molar-refractivity contribution in [3.8, 4) is 0 Å². The highest BCUT2D eigenvalue weighted by molar-refractivity contribution is 7.89. The average Bonchev–Trinajstić information content (AvgIpc) is 3.07. The molecular formula is C17H23N3O2S2. The molecule has 0 bridgehead atoms. The maximum Gasteiger partial charge on any atom is 0.240 e. The molecule has 3 rings (SSSR count). The Morgan fingerprint density at radius 3 is 2.92 bits per heavy atom. The number of aromatic nitrogens is 1. The molecule has 5 nitrogen and oxygen atoms in total. The van der Waals surface area contributed by atoms with E-state index in [9.17, 15) is 8.42 Å². The van der Waals surface area contributed by atoms with Crippen molar-refractivity contribution in [2.45, 2.75) is 31.6 Å². The zero-order valence-electron chi connectivity index (χ0n) is 14.0. The molecule has 1 aliphatic heterocycles. The second-order valence-corrected chi connectivity index (χ2v) is 9.00. The number of anilines is 1. The van der Waals surface area contributed by atoms with Crippen LogP contribution < -0.4 is 9.62 Å². The number of thiazole rings is 1. The summed E-state index contributed by atoms with van der Waals surface area (Å²) in [4.78, 5) is 6.99. The molecule has 1 saturated heterocycles. The molecule has 130 valence electrons. The third-order valence-corrected chi connectivity index (χ3v) is 6.81. The van der Waals surface area contributed by atoms with E-state index in [1.807, 2.05) is 37.6 Å². The van der Waals surface area contributed by atoms with Gasteiger partial charge in [-0.3, -0.25) is 0 Å². The quantitative estimate of drug-likeness (QED) is 0.885. The van der Waals surface area contributed by atoms with Gasteiger partial charge < -0.3 is 4.90 Å². The van der Waals surface area contributed by atoms with Gasteiger partial charge in [-0.15, -0.1) is 11.3 Å². The third kappa shape index (κ3) is 3.96. The zero-order valence-corrected chi connectivity index (χ0v) is 15.7. The van der Waals surface area contributed by atoms with Crippen LogP contribution in [-0.2, 0) is 10.0 Å². The molecule has 1 aromatic carbocycles. The molecule has 1 N–H and O–H groups in total. The van der Waals surface area contributed by atoms with Gasteiger partial charge in [0, 0.05) is 31.2 Å². The number of benzene rings is 1. The fraction of sp³-hybridized carbons (Fsp3) is 0.471. The predicted molar refractivity (Wildman–Crippen MR) is 98.2 cm³/mol. The Bertz CT molecular complexity index is 788. The summed E-state index contributed by atoms with van der Waals surface area (Å²) in [5.41, 5.74) is 1.85. The van der Waals surface area contributed by atoms with Crippen molar-refractivity contribution >= 4 is 26.5 Å². The van der Waals surface area contributed by atoms with Gasteiger partial charge in [-0.25, -0.2) is 18.1 Å². The first-order chi connectivity index (χ1) is 11.5. The minimum absolute atomic E-state index is 0.308. The topological polar surface area (TPSA) is 62.3 Å². The fourth-order valence-corrected chi connectivity index (χ4v) is 5.20. The number of nitrogens with one attached hydrogen (secondary N) is 1. The summed E-state index contributed by atoms with van der Waals surface area (Å²) in [7, 11) is -3.46. The molecule has 1 aromatic heterocycles. The third-order valence-electron chi connectivity index (χ3n) is 4.39. The number of sulfonamides is 1. The molecule has 1 aliphatic rings. The highest BCUT2D eigenvalue weighted by Crippen LogP contribution is 2.25. The van der Waals surface area contributed by atoms with Crippen molar-refractivity contribution in [2.75, 3.05) is 24.5 Å². The first-order valence-corrected chi connectivity index (χ1v) is 10.5. The number of hydrogen-bond donors (Lipinski definition) is 1. The zero-order chi connectivity index (χ0) is 17.2. The second kappa shape index (κ2) is 7.21. The molecule has 0 spiro atoms. The lowest BCUT2D eigenvalue weighted by Crippen LogP contribution is -2.41. The molecule has 0 radical (unpaired) electrons. The van der Waals surface area contributed by atoms with E-state index in [1.165, 1.54) is 0 Å². The lowest BCUT2D eigenvalue weighted by molar-refractivity contribution is 0.410. The molecule has 7 heteroatoms. The maximum atomic E-state index is 12.6. The van der Waals surface area contributed by atoms with E-state index >= 15 is 0 Å². The lowest BCUT2D eigenvalue weighted by atomic mass is 9.99. The van der Waals surface area contributed by atoms with E-state index in [4.69, 9.17) is 0 Å². The van der Waals surface area contributed by atoms with Crippen molar-refractivity contribution < 1.29 is 8.42 Å². The second-order valence-electron chi connectivity index (χ2n) is 6.39. The van der Waals surface area contributed by atoms with Crippen LogP contribution in [-0.4, -0.2) is 33.0 Å². The van der Waals surface area contributed by atoms with Gasteiger partial charge in [0.05, 0.1) is 4.90 Å². The summed E-state index contributed by atoms with van der Waals surface area (Å²) in [6.07, 6.45) is 3.92. The van der Waals surface area contributed by atoms with E-state index in [0.717, 1.165) is 42.2 Å². The smallest absolute Gasteiger partial charge is 0.240 e. The van der Waals surface area contributed by atoms with Crippen LogP contribution in [0.4, 0.5) is 5.13 Å². The molecule has 2 heterocycles. The van der Waals surface area contributed by atoms with Crippen molar-refractivity contribution in [3.63, 3.8) is 0 Å². The SMILES string of the molecule is Cc1ccc(S(=O)(=O)NCC2CCCN(c3nccs3)C2)c(C)c1. The largest absolute Gasteiger partial charge is 0.348 e. The van der Waals surface area contributed by atoms with Gasteiger partial charge in [0.2, 0.25) is 10.0 Å². The Labute approximate surface area is 147 Å². The summed E-state index contributed by atoms with van der Waals surface area (Å²) >= 11 is 1.63. The van der Waals surface area contributed by atoms with Gasteiger partial charge in [-0.1, -0.05) is 17.7 Å². The molecule has 24 heavy (non-hydrogen) atoms. The lowest BCUT2D eigenvalue weighted by Gasteiger charge is -2.32. The van der Waals surface area contributed by atoms with Gasteiger partial charge in [0.15, 0.2) is 5.13 Å². The van der Waals surface area contributed by atoms with E-state index in [2.05, 4.69) is 14.6 Å². The molecule has 1 unspecified atom stereocenters. The molecule has 0 aliphatic carbocycles. The molecular weight excluding hydrogens is 342 g/mol. The van der Waals surface area contributed by atoms with E-state index in [0.29, 0.717) is 17.4 Å². The normalized spacial score (nSPS) is 18.8. The van der Waals surface area contributed by atoms with E-state index in [-0.39, 0.29) is 0 Å². The number of hydrogen-bond acceptors (Lipinski definition) is 5. The Morgan fingerprint density at radius 1 is 1.38 bits per heavy atom. The summed E-state index contributed by atoms with van der Waals surface area (Å²) in [6, 6.07) is 5.43. The van der Waals surface area contributed by atoms with Gasteiger partial charge in [-0.05, 0) is 44.2 Å². The molecule has 0 amide bonds. The van der Waals surface area contributed by atoms with Crippen LogP contribution >= 0.6 is 11.3 Å². The van der Waals surface area contributed by atoms with Crippen molar-refractivity contribution in [1.29, 1.82) is 0 Å². The highest BCUT2D eigenvalue weighted by atomic mass is 32.2. The summed E-state index contributed by atoms with van der Waals surface area (Å²) in [5, 5.41) is 3.00. The van der Waals surface area contributed by atoms with Crippen molar-refractivity contribution in [2.24, 2.45) is 5.92 Å². The monoisotopic (exact) mass is 365 g/mol. The first kappa shape index (κ1) is 17.4. The first-order valence-electron chi connectivity index (χ1n) is 8.17. The number of aryl methyl sites for hydroxylation is 2. The Kier molecular flexibility index (Phi) is 5.22.